The smallest absolute Gasteiger partial charge is 0.244 e. The van der Waals surface area contributed by atoms with Crippen molar-refractivity contribution in [1.82, 2.24) is 29.7 Å². The number of carbonyl (C=O) groups is 3. The number of likely N-dealkylation sites (tertiary alicyclic amines) is 1. The molecule has 0 bridgehead atoms. The van der Waals surface area contributed by atoms with Crippen LogP contribution < -0.4 is 5.32 Å². The van der Waals surface area contributed by atoms with E-state index in [0.717, 1.165) is 16.0 Å². The first-order chi connectivity index (χ1) is 15.6. The molecule has 0 saturated carbocycles. The molecule has 4 heterocycles. The fourth-order valence-corrected chi connectivity index (χ4v) is 3.52. The Bertz CT molecular complexity index is 1330. The third-order valence-electron chi connectivity index (χ3n) is 5.10. The summed E-state index contributed by atoms with van der Waals surface area (Å²) < 4.78 is 1.65. The highest BCUT2D eigenvalue weighted by atomic mass is 16.2. The molecule has 1 saturated heterocycles. The molecule has 0 atom stereocenters. The maximum absolute atomic E-state index is 12.4. The van der Waals surface area contributed by atoms with Crippen molar-refractivity contribution in [2.45, 2.75) is 12.8 Å². The summed E-state index contributed by atoms with van der Waals surface area (Å²) in [5.74, 6) is -0.493. The second kappa shape index (κ2) is 7.99. The number of imide groups is 1. The fourth-order valence-electron chi connectivity index (χ4n) is 3.52. The van der Waals surface area contributed by atoms with Gasteiger partial charge in [0.1, 0.15) is 6.54 Å². The molecular formula is C22H17N7O3. The van der Waals surface area contributed by atoms with Crippen molar-refractivity contribution < 1.29 is 14.4 Å². The van der Waals surface area contributed by atoms with Gasteiger partial charge in [-0.25, -0.2) is 0 Å². The predicted molar refractivity (Wildman–Crippen MR) is 114 cm³/mol. The minimum absolute atomic E-state index is 0.153. The molecule has 158 valence electrons. The molecule has 1 aliphatic rings. The van der Waals surface area contributed by atoms with Crippen LogP contribution >= 0.6 is 0 Å². The molecule has 32 heavy (non-hydrogen) atoms. The number of aromatic nitrogens is 5. The Labute approximate surface area is 181 Å². The minimum Gasteiger partial charge on any atom is -0.325 e. The zero-order valence-electron chi connectivity index (χ0n) is 16.8. The molecule has 3 amide bonds. The highest BCUT2D eigenvalue weighted by Gasteiger charge is 2.30. The second-order valence-electron chi connectivity index (χ2n) is 7.25. The number of nitrogens with one attached hydrogen (secondary N) is 1. The van der Waals surface area contributed by atoms with Crippen molar-refractivity contribution in [1.29, 1.82) is 0 Å². The minimum atomic E-state index is -0.437. The summed E-state index contributed by atoms with van der Waals surface area (Å²) in [4.78, 5) is 40.8. The van der Waals surface area contributed by atoms with Gasteiger partial charge in [-0.15, -0.1) is 10.2 Å². The lowest BCUT2D eigenvalue weighted by atomic mass is 10.1. The normalized spacial score (nSPS) is 13.7. The van der Waals surface area contributed by atoms with Gasteiger partial charge in [0.05, 0.1) is 5.69 Å². The van der Waals surface area contributed by atoms with Crippen LogP contribution in [0, 0.1) is 0 Å². The molecular weight excluding hydrogens is 410 g/mol. The van der Waals surface area contributed by atoms with Crippen molar-refractivity contribution in [3.8, 4) is 22.6 Å². The number of carbonyl (C=O) groups excluding carboxylic acids is 3. The lowest BCUT2D eigenvalue weighted by Gasteiger charge is -2.13. The van der Waals surface area contributed by atoms with Crippen LogP contribution in [0.5, 0.6) is 0 Å². The Morgan fingerprint density at radius 1 is 0.938 bits per heavy atom. The zero-order valence-corrected chi connectivity index (χ0v) is 16.8. The maximum atomic E-state index is 12.4. The van der Waals surface area contributed by atoms with E-state index in [0.29, 0.717) is 22.9 Å². The van der Waals surface area contributed by atoms with Crippen molar-refractivity contribution >= 4 is 29.1 Å². The first-order valence-electron chi connectivity index (χ1n) is 9.95. The van der Waals surface area contributed by atoms with Gasteiger partial charge in [0.2, 0.25) is 17.7 Å². The second-order valence-corrected chi connectivity index (χ2v) is 7.25. The number of nitrogens with zero attached hydrogens (tertiary/aromatic N) is 6. The average Bonchev–Trinajstić information content (AvgIpc) is 3.38. The van der Waals surface area contributed by atoms with Crippen molar-refractivity contribution in [3.05, 3.63) is 60.9 Å². The lowest BCUT2D eigenvalue weighted by Crippen LogP contribution is -2.36. The van der Waals surface area contributed by atoms with Crippen molar-refractivity contribution in [3.63, 3.8) is 0 Å². The monoisotopic (exact) mass is 427 g/mol. The molecule has 0 radical (unpaired) electrons. The third kappa shape index (κ3) is 3.69. The summed E-state index contributed by atoms with van der Waals surface area (Å²) in [6, 6.07) is 14.5. The molecule has 10 heteroatoms. The van der Waals surface area contributed by atoms with Crippen LogP contribution in [-0.2, 0) is 14.4 Å². The van der Waals surface area contributed by atoms with E-state index in [1.165, 1.54) is 0 Å². The van der Waals surface area contributed by atoms with E-state index in [1.807, 2.05) is 30.3 Å². The summed E-state index contributed by atoms with van der Waals surface area (Å²) in [7, 11) is 0. The topological polar surface area (TPSA) is 122 Å². The van der Waals surface area contributed by atoms with Crippen molar-refractivity contribution in [2.75, 3.05) is 11.9 Å². The largest absolute Gasteiger partial charge is 0.325 e. The number of amides is 3. The highest BCUT2D eigenvalue weighted by molar-refractivity contribution is 6.06. The molecule has 1 aromatic carbocycles. The molecule has 0 aliphatic carbocycles. The molecule has 0 spiro atoms. The van der Waals surface area contributed by atoms with E-state index in [2.05, 4.69) is 25.6 Å². The van der Waals surface area contributed by atoms with E-state index in [4.69, 9.17) is 0 Å². The Balaban J connectivity index is 1.40. The maximum Gasteiger partial charge on any atom is 0.244 e. The summed E-state index contributed by atoms with van der Waals surface area (Å²) in [6.45, 7) is -0.290. The van der Waals surface area contributed by atoms with Gasteiger partial charge < -0.3 is 5.32 Å². The van der Waals surface area contributed by atoms with Gasteiger partial charge in [0.15, 0.2) is 11.5 Å². The van der Waals surface area contributed by atoms with Gasteiger partial charge in [0, 0.05) is 42.0 Å². The van der Waals surface area contributed by atoms with E-state index < -0.39 is 5.91 Å². The number of hydrogen-bond acceptors (Lipinski definition) is 7. The van der Waals surface area contributed by atoms with E-state index >= 15 is 0 Å². The zero-order chi connectivity index (χ0) is 22.1. The van der Waals surface area contributed by atoms with Gasteiger partial charge in [-0.3, -0.25) is 24.3 Å². The van der Waals surface area contributed by atoms with Crippen LogP contribution in [0.1, 0.15) is 12.8 Å². The van der Waals surface area contributed by atoms with Crippen molar-refractivity contribution in [2.24, 2.45) is 0 Å². The van der Waals surface area contributed by atoms with Gasteiger partial charge >= 0.3 is 0 Å². The summed E-state index contributed by atoms with van der Waals surface area (Å²) in [5.41, 5.74) is 3.40. The molecule has 4 aromatic rings. The van der Waals surface area contributed by atoms with Crippen LogP contribution in [0.3, 0.4) is 0 Å². The summed E-state index contributed by atoms with van der Waals surface area (Å²) in [5, 5.41) is 15.8. The standard InChI is InChI=1S/C22H17N7O3/c30-19(13-28-20(31)6-7-21(28)32)24-16-3-1-2-15(12-16)17-4-5-18-25-26-22(29(18)27-17)14-8-10-23-11-9-14/h1-5,8-12H,6-7,13H2,(H,24,30). The lowest BCUT2D eigenvalue weighted by molar-refractivity contribution is -0.141. The molecule has 1 N–H and O–H groups in total. The first-order valence-corrected chi connectivity index (χ1v) is 9.95. The van der Waals surface area contributed by atoms with Gasteiger partial charge in [-0.1, -0.05) is 12.1 Å². The summed E-state index contributed by atoms with van der Waals surface area (Å²) in [6.07, 6.45) is 3.66. The molecule has 0 unspecified atom stereocenters. The third-order valence-corrected chi connectivity index (χ3v) is 5.10. The average molecular weight is 427 g/mol. The Morgan fingerprint density at radius 2 is 1.72 bits per heavy atom. The Morgan fingerprint density at radius 3 is 2.50 bits per heavy atom. The van der Waals surface area contributed by atoms with E-state index in [-0.39, 0.29) is 31.2 Å². The van der Waals surface area contributed by atoms with E-state index in [9.17, 15) is 14.4 Å². The quantitative estimate of drug-likeness (QED) is 0.483. The Kier molecular flexibility index (Phi) is 4.86. The summed E-state index contributed by atoms with van der Waals surface area (Å²) >= 11 is 0. The predicted octanol–water partition coefficient (Wildman–Crippen LogP) is 1.94. The van der Waals surface area contributed by atoms with Crippen LogP contribution in [0.2, 0.25) is 0 Å². The Hall–Kier alpha value is -4.47. The molecule has 3 aromatic heterocycles. The first kappa shape index (κ1) is 19.5. The molecule has 1 fully saturated rings. The number of anilines is 1. The molecule has 5 rings (SSSR count). The number of hydrogen-bond donors (Lipinski definition) is 1. The van der Waals surface area contributed by atoms with Gasteiger partial charge in [-0.2, -0.15) is 9.61 Å². The number of fused-ring (bicyclic) bond motifs is 1. The van der Waals surface area contributed by atoms with Crippen LogP contribution in [0.4, 0.5) is 5.69 Å². The van der Waals surface area contributed by atoms with Gasteiger partial charge in [0.25, 0.3) is 0 Å². The van der Waals surface area contributed by atoms with Crippen LogP contribution in [0.15, 0.2) is 60.9 Å². The number of benzene rings is 1. The number of pyridine rings is 1. The van der Waals surface area contributed by atoms with E-state index in [1.54, 1.807) is 35.1 Å². The number of rotatable bonds is 5. The molecule has 10 nitrogen and oxygen atoms in total. The fraction of sp³-hybridized carbons (Fsp3) is 0.136. The molecule has 1 aliphatic heterocycles. The highest BCUT2D eigenvalue weighted by Crippen LogP contribution is 2.23. The van der Waals surface area contributed by atoms with Crippen LogP contribution in [0.25, 0.3) is 28.3 Å². The SMILES string of the molecule is O=C(CN1C(=O)CCC1=O)Nc1cccc(-c2ccc3nnc(-c4ccncc4)n3n2)c1. The van der Waals surface area contributed by atoms with Crippen LogP contribution in [-0.4, -0.2) is 54.0 Å². The van der Waals surface area contributed by atoms with Gasteiger partial charge in [-0.05, 0) is 36.4 Å².